The number of amides is 1. The Morgan fingerprint density at radius 2 is 1.74 bits per heavy atom. The van der Waals surface area contributed by atoms with E-state index in [2.05, 4.69) is 5.32 Å². The summed E-state index contributed by atoms with van der Waals surface area (Å²) in [4.78, 5) is 14.7. The summed E-state index contributed by atoms with van der Waals surface area (Å²) in [6.45, 7) is 1.86. The second-order valence-corrected chi connectivity index (χ2v) is 9.82. The number of hydrogen-bond donors (Lipinski definition) is 1. The molecular formula is C23H31N3O4S. The van der Waals surface area contributed by atoms with Gasteiger partial charge in [-0.25, -0.2) is 8.42 Å². The molecule has 1 saturated heterocycles. The molecule has 168 valence electrons. The lowest BCUT2D eigenvalue weighted by atomic mass is 10.2. The highest BCUT2D eigenvalue weighted by atomic mass is 32.2. The van der Waals surface area contributed by atoms with Gasteiger partial charge in [-0.15, -0.1) is 0 Å². The molecule has 1 aliphatic rings. The van der Waals surface area contributed by atoms with Crippen LogP contribution in [0.25, 0.3) is 0 Å². The van der Waals surface area contributed by atoms with Crippen LogP contribution in [0.2, 0.25) is 0 Å². The molecule has 1 N–H and O–H groups in total. The maximum absolute atomic E-state index is 13.1. The summed E-state index contributed by atoms with van der Waals surface area (Å²) >= 11 is 0. The van der Waals surface area contributed by atoms with Crippen molar-refractivity contribution in [3.8, 4) is 5.75 Å². The van der Waals surface area contributed by atoms with E-state index in [4.69, 9.17) is 4.74 Å². The summed E-state index contributed by atoms with van der Waals surface area (Å²) in [7, 11) is -0.256. The fraction of sp³-hybridized carbons (Fsp3) is 0.435. The normalized spacial score (nSPS) is 15.5. The van der Waals surface area contributed by atoms with Crippen molar-refractivity contribution in [3.63, 3.8) is 0 Å². The lowest BCUT2D eigenvalue weighted by Crippen LogP contribution is -2.32. The molecule has 0 radical (unpaired) electrons. The zero-order chi connectivity index (χ0) is 22.3. The predicted octanol–water partition coefficient (Wildman–Crippen LogP) is 3.33. The molecule has 0 spiro atoms. The van der Waals surface area contributed by atoms with Crippen molar-refractivity contribution in [1.29, 1.82) is 0 Å². The van der Waals surface area contributed by atoms with E-state index in [-0.39, 0.29) is 17.3 Å². The summed E-state index contributed by atoms with van der Waals surface area (Å²) in [6, 6.07) is 14.5. The molecule has 2 aromatic rings. The minimum atomic E-state index is -3.62. The van der Waals surface area contributed by atoms with Gasteiger partial charge in [0.2, 0.25) is 15.9 Å². The number of benzene rings is 2. The molecule has 3 rings (SSSR count). The van der Waals surface area contributed by atoms with Crippen LogP contribution in [0.4, 0.5) is 5.69 Å². The summed E-state index contributed by atoms with van der Waals surface area (Å²) in [5, 5.41) is 2.82. The molecule has 2 aromatic carbocycles. The van der Waals surface area contributed by atoms with Crippen LogP contribution in [0.1, 0.15) is 31.2 Å². The SMILES string of the molecule is COc1ccc(S(=O)(=O)N2CCCCCC2)cc1NC(=O)CN(C)Cc1ccccc1. The number of nitrogens with one attached hydrogen (secondary N) is 1. The Bertz CT molecular complexity index is 972. The molecule has 0 bridgehead atoms. The van der Waals surface area contributed by atoms with E-state index in [0.29, 0.717) is 31.1 Å². The van der Waals surface area contributed by atoms with Crippen molar-refractivity contribution in [2.45, 2.75) is 37.1 Å². The van der Waals surface area contributed by atoms with E-state index in [1.54, 1.807) is 10.4 Å². The highest BCUT2D eigenvalue weighted by molar-refractivity contribution is 7.89. The first-order valence-corrected chi connectivity index (χ1v) is 12.0. The average Bonchev–Trinajstić information content (AvgIpc) is 3.04. The van der Waals surface area contributed by atoms with E-state index in [9.17, 15) is 13.2 Å². The standard InChI is InChI=1S/C23H31N3O4S/c1-25(17-19-10-6-5-7-11-19)18-23(27)24-21-16-20(12-13-22(21)30-2)31(28,29)26-14-8-3-4-9-15-26/h5-7,10-13,16H,3-4,8-9,14-15,17-18H2,1-2H3,(H,24,27). The van der Waals surface area contributed by atoms with Gasteiger partial charge in [-0.1, -0.05) is 43.2 Å². The fourth-order valence-corrected chi connectivity index (χ4v) is 5.31. The summed E-state index contributed by atoms with van der Waals surface area (Å²) in [5.74, 6) is 0.190. The average molecular weight is 446 g/mol. The van der Waals surface area contributed by atoms with Crippen LogP contribution in [0, 0.1) is 0 Å². The minimum absolute atomic E-state index is 0.168. The van der Waals surface area contributed by atoms with E-state index >= 15 is 0 Å². The molecule has 0 aliphatic carbocycles. The molecule has 8 heteroatoms. The Balaban J connectivity index is 1.72. The zero-order valence-corrected chi connectivity index (χ0v) is 19.0. The maximum atomic E-state index is 13.1. The van der Waals surface area contributed by atoms with E-state index in [1.165, 1.54) is 19.2 Å². The third kappa shape index (κ3) is 6.29. The Labute approximate surface area is 185 Å². The van der Waals surface area contributed by atoms with Crippen LogP contribution in [0.3, 0.4) is 0 Å². The number of carbonyl (C=O) groups is 1. The molecular weight excluding hydrogens is 414 g/mol. The Morgan fingerprint density at radius 1 is 1.06 bits per heavy atom. The van der Waals surface area contributed by atoms with Crippen molar-refractivity contribution in [3.05, 3.63) is 54.1 Å². The molecule has 1 heterocycles. The van der Waals surface area contributed by atoms with Crippen LogP contribution in [0.5, 0.6) is 5.75 Å². The summed E-state index contributed by atoms with van der Waals surface area (Å²) in [5.41, 5.74) is 1.47. The molecule has 0 unspecified atom stereocenters. The number of anilines is 1. The molecule has 1 aliphatic heterocycles. The van der Waals surface area contributed by atoms with Gasteiger partial charge in [0.05, 0.1) is 24.2 Å². The van der Waals surface area contributed by atoms with E-state index in [1.807, 2.05) is 42.3 Å². The third-order valence-electron chi connectivity index (χ3n) is 5.36. The van der Waals surface area contributed by atoms with Crippen LogP contribution in [-0.2, 0) is 21.4 Å². The molecule has 0 aromatic heterocycles. The second kappa shape index (κ2) is 10.7. The molecule has 0 atom stereocenters. The molecule has 0 saturated carbocycles. The van der Waals surface area contributed by atoms with Gasteiger partial charge in [0.15, 0.2) is 0 Å². The Kier molecular flexibility index (Phi) is 8.06. The monoisotopic (exact) mass is 445 g/mol. The number of likely N-dealkylation sites (N-methyl/N-ethyl adjacent to an activating group) is 1. The smallest absolute Gasteiger partial charge is 0.243 e. The number of rotatable bonds is 8. The predicted molar refractivity (Wildman–Crippen MR) is 122 cm³/mol. The number of nitrogens with zero attached hydrogens (tertiary/aromatic N) is 2. The van der Waals surface area contributed by atoms with Crippen molar-refractivity contribution in [2.75, 3.05) is 39.1 Å². The number of carbonyl (C=O) groups excluding carboxylic acids is 1. The number of sulfonamides is 1. The van der Waals surface area contributed by atoms with Crippen LogP contribution in [-0.4, -0.2) is 57.3 Å². The van der Waals surface area contributed by atoms with Gasteiger partial charge in [0.25, 0.3) is 0 Å². The van der Waals surface area contributed by atoms with E-state index in [0.717, 1.165) is 31.2 Å². The first kappa shape index (κ1) is 23.2. The molecule has 1 amide bonds. The number of methoxy groups -OCH3 is 1. The Hall–Kier alpha value is -2.42. The maximum Gasteiger partial charge on any atom is 0.243 e. The number of hydrogen-bond acceptors (Lipinski definition) is 5. The summed E-state index contributed by atoms with van der Waals surface area (Å²) in [6.07, 6.45) is 3.83. The lowest BCUT2D eigenvalue weighted by molar-refractivity contribution is -0.117. The van der Waals surface area contributed by atoms with Gasteiger partial charge in [0.1, 0.15) is 5.75 Å². The summed E-state index contributed by atoms with van der Waals surface area (Å²) < 4.78 is 33.1. The molecule has 1 fully saturated rings. The second-order valence-electron chi connectivity index (χ2n) is 7.89. The molecule has 7 nitrogen and oxygen atoms in total. The van der Waals surface area contributed by atoms with Crippen molar-refractivity contribution >= 4 is 21.6 Å². The van der Waals surface area contributed by atoms with Crippen molar-refractivity contribution < 1.29 is 17.9 Å². The zero-order valence-electron chi connectivity index (χ0n) is 18.2. The van der Waals surface area contributed by atoms with Crippen LogP contribution in [0.15, 0.2) is 53.4 Å². The first-order valence-electron chi connectivity index (χ1n) is 10.6. The van der Waals surface area contributed by atoms with Gasteiger partial charge in [-0.3, -0.25) is 9.69 Å². The van der Waals surface area contributed by atoms with Crippen LogP contribution >= 0.6 is 0 Å². The first-order chi connectivity index (χ1) is 14.9. The minimum Gasteiger partial charge on any atom is -0.495 e. The van der Waals surface area contributed by atoms with Gasteiger partial charge in [-0.05, 0) is 43.7 Å². The Morgan fingerprint density at radius 3 is 2.39 bits per heavy atom. The van der Waals surface area contributed by atoms with Gasteiger partial charge in [0, 0.05) is 19.6 Å². The topological polar surface area (TPSA) is 79.0 Å². The van der Waals surface area contributed by atoms with Gasteiger partial charge in [-0.2, -0.15) is 4.31 Å². The quantitative estimate of drug-likeness (QED) is 0.674. The van der Waals surface area contributed by atoms with E-state index < -0.39 is 10.0 Å². The van der Waals surface area contributed by atoms with Crippen molar-refractivity contribution in [2.24, 2.45) is 0 Å². The molecule has 31 heavy (non-hydrogen) atoms. The van der Waals surface area contributed by atoms with Gasteiger partial charge < -0.3 is 10.1 Å². The van der Waals surface area contributed by atoms with Crippen LogP contribution < -0.4 is 10.1 Å². The van der Waals surface area contributed by atoms with Gasteiger partial charge >= 0.3 is 0 Å². The highest BCUT2D eigenvalue weighted by Gasteiger charge is 2.26. The fourth-order valence-electron chi connectivity index (χ4n) is 3.76. The lowest BCUT2D eigenvalue weighted by Gasteiger charge is -2.21. The largest absolute Gasteiger partial charge is 0.495 e. The van der Waals surface area contributed by atoms with Crippen molar-refractivity contribution in [1.82, 2.24) is 9.21 Å². The number of ether oxygens (including phenoxy) is 1. The third-order valence-corrected chi connectivity index (χ3v) is 7.25. The highest BCUT2D eigenvalue weighted by Crippen LogP contribution is 2.29.